The lowest BCUT2D eigenvalue weighted by molar-refractivity contribution is 0.304. The third-order valence-electron chi connectivity index (χ3n) is 2.74. The van der Waals surface area contributed by atoms with E-state index in [9.17, 15) is 4.79 Å². The fraction of sp³-hybridized carbons (Fsp3) is 0.533. The highest BCUT2D eigenvalue weighted by atomic mass is 16.5. The molecule has 1 radical (unpaired) electrons. The molecule has 2 heteroatoms. The van der Waals surface area contributed by atoms with Gasteiger partial charge in [-0.25, -0.2) is 0 Å². The zero-order valence-electron chi connectivity index (χ0n) is 10.6. The van der Waals surface area contributed by atoms with E-state index >= 15 is 0 Å². The van der Waals surface area contributed by atoms with Crippen LogP contribution in [0.15, 0.2) is 24.3 Å². The summed E-state index contributed by atoms with van der Waals surface area (Å²) in [7, 11) is 0. The summed E-state index contributed by atoms with van der Waals surface area (Å²) in [6.45, 7) is 2.99. The minimum atomic E-state index is 0.567. The Hall–Kier alpha value is -1.31. The van der Waals surface area contributed by atoms with Gasteiger partial charge in [-0.15, -0.1) is 0 Å². The highest BCUT2D eigenvalue weighted by molar-refractivity contribution is 5.75. The van der Waals surface area contributed by atoms with Gasteiger partial charge in [0.15, 0.2) is 0 Å². The Balaban J connectivity index is 2.07. The van der Waals surface area contributed by atoms with Gasteiger partial charge < -0.3 is 4.74 Å². The second kappa shape index (κ2) is 8.80. The molecule has 0 atom stereocenters. The van der Waals surface area contributed by atoms with Crippen molar-refractivity contribution in [3.05, 3.63) is 29.8 Å². The van der Waals surface area contributed by atoms with Gasteiger partial charge in [-0.3, -0.25) is 4.79 Å². The lowest BCUT2D eigenvalue weighted by Gasteiger charge is -2.05. The number of hydrogen-bond acceptors (Lipinski definition) is 2. The predicted octanol–water partition coefficient (Wildman–Crippen LogP) is 3.88. The number of unbranched alkanes of at least 4 members (excludes halogenated alkanes) is 5. The maximum atomic E-state index is 10.3. The summed E-state index contributed by atoms with van der Waals surface area (Å²) in [5.74, 6) is 0.831. The molecule has 0 aliphatic heterocycles. The molecule has 0 aromatic heterocycles. The SMILES string of the molecule is CCCCCCCCOc1ccc([C]=O)cc1. The van der Waals surface area contributed by atoms with Gasteiger partial charge in [-0.1, -0.05) is 39.0 Å². The van der Waals surface area contributed by atoms with Gasteiger partial charge in [0.25, 0.3) is 0 Å². The molecule has 0 fully saturated rings. The maximum Gasteiger partial charge on any atom is 0.233 e. The summed E-state index contributed by atoms with van der Waals surface area (Å²) < 4.78 is 5.58. The third-order valence-corrected chi connectivity index (χ3v) is 2.74. The zero-order chi connectivity index (χ0) is 12.3. The van der Waals surface area contributed by atoms with Crippen LogP contribution in [0.2, 0.25) is 0 Å². The summed E-state index contributed by atoms with van der Waals surface area (Å²) in [6, 6.07) is 7.09. The van der Waals surface area contributed by atoms with Crippen molar-refractivity contribution in [2.45, 2.75) is 45.4 Å². The Labute approximate surface area is 104 Å². The summed E-state index contributed by atoms with van der Waals surface area (Å²) in [4.78, 5) is 10.3. The molecule has 0 bridgehead atoms. The van der Waals surface area contributed by atoms with Gasteiger partial charge >= 0.3 is 0 Å². The quantitative estimate of drug-likeness (QED) is 0.605. The van der Waals surface area contributed by atoms with Crippen LogP contribution in [-0.4, -0.2) is 12.9 Å². The van der Waals surface area contributed by atoms with Crippen LogP contribution in [0.1, 0.15) is 51.0 Å². The third kappa shape index (κ3) is 6.10. The summed E-state index contributed by atoms with van der Waals surface area (Å²) in [6.07, 6.45) is 9.44. The predicted molar refractivity (Wildman–Crippen MR) is 70.1 cm³/mol. The number of rotatable bonds is 9. The molecule has 93 valence electrons. The number of benzene rings is 1. The van der Waals surface area contributed by atoms with Gasteiger partial charge in [-0.2, -0.15) is 0 Å². The molecule has 1 aromatic rings. The Kier molecular flexibility index (Phi) is 7.12. The van der Waals surface area contributed by atoms with E-state index in [4.69, 9.17) is 4.74 Å². The first-order chi connectivity index (χ1) is 8.36. The summed E-state index contributed by atoms with van der Waals surface area (Å²) in [5.41, 5.74) is 0.567. The van der Waals surface area contributed by atoms with Crippen molar-refractivity contribution in [2.24, 2.45) is 0 Å². The van der Waals surface area contributed by atoms with Crippen molar-refractivity contribution in [3.8, 4) is 5.75 Å². The second-order valence-electron chi connectivity index (χ2n) is 4.24. The molecule has 0 aliphatic carbocycles. The van der Waals surface area contributed by atoms with Crippen LogP contribution < -0.4 is 4.74 Å². The van der Waals surface area contributed by atoms with Crippen molar-refractivity contribution in [2.75, 3.05) is 6.61 Å². The van der Waals surface area contributed by atoms with Crippen LogP contribution in [0.3, 0.4) is 0 Å². The fourth-order valence-corrected chi connectivity index (χ4v) is 1.69. The average molecular weight is 233 g/mol. The standard InChI is InChI=1S/C15H21O2/c1-2-3-4-5-6-7-12-17-15-10-8-14(13-16)9-11-15/h8-11H,2-7,12H2,1H3. The Morgan fingerprint density at radius 3 is 2.29 bits per heavy atom. The number of ether oxygens (including phenoxy) is 1. The van der Waals surface area contributed by atoms with Crippen molar-refractivity contribution in [3.63, 3.8) is 0 Å². The van der Waals surface area contributed by atoms with Crippen LogP contribution >= 0.6 is 0 Å². The van der Waals surface area contributed by atoms with E-state index in [-0.39, 0.29) is 0 Å². The molecule has 0 amide bonds. The van der Waals surface area contributed by atoms with Gasteiger partial charge in [0.2, 0.25) is 6.29 Å². The maximum absolute atomic E-state index is 10.3. The van der Waals surface area contributed by atoms with Crippen molar-refractivity contribution in [1.82, 2.24) is 0 Å². The first kappa shape index (κ1) is 13.8. The lowest BCUT2D eigenvalue weighted by atomic mass is 10.1. The van der Waals surface area contributed by atoms with E-state index in [1.807, 2.05) is 18.4 Å². The van der Waals surface area contributed by atoms with E-state index in [2.05, 4.69) is 6.92 Å². The molecule has 2 nitrogen and oxygen atoms in total. The van der Waals surface area contributed by atoms with E-state index in [0.717, 1.165) is 18.8 Å². The second-order valence-corrected chi connectivity index (χ2v) is 4.24. The van der Waals surface area contributed by atoms with Crippen LogP contribution in [0, 0.1) is 0 Å². The van der Waals surface area contributed by atoms with Crippen molar-refractivity contribution >= 4 is 6.29 Å². The average Bonchev–Trinajstić information content (AvgIpc) is 2.38. The van der Waals surface area contributed by atoms with E-state index in [0.29, 0.717) is 5.56 Å². The highest BCUT2D eigenvalue weighted by Crippen LogP contribution is 2.12. The van der Waals surface area contributed by atoms with E-state index in [1.54, 1.807) is 12.1 Å². The molecular weight excluding hydrogens is 212 g/mol. The number of hydrogen-bond donors (Lipinski definition) is 0. The first-order valence-corrected chi connectivity index (χ1v) is 6.48. The van der Waals surface area contributed by atoms with Crippen LogP contribution in [0.25, 0.3) is 0 Å². The molecule has 0 saturated carbocycles. The monoisotopic (exact) mass is 233 g/mol. The van der Waals surface area contributed by atoms with Crippen molar-refractivity contribution in [1.29, 1.82) is 0 Å². The highest BCUT2D eigenvalue weighted by Gasteiger charge is 1.95. The molecular formula is C15H21O2. The van der Waals surface area contributed by atoms with Gasteiger partial charge in [-0.05, 0) is 30.7 Å². The van der Waals surface area contributed by atoms with Crippen molar-refractivity contribution < 1.29 is 9.53 Å². The number of carbonyl (C=O) groups excluding carboxylic acids is 1. The summed E-state index contributed by atoms with van der Waals surface area (Å²) in [5, 5.41) is 0. The fourth-order valence-electron chi connectivity index (χ4n) is 1.69. The molecule has 1 aromatic carbocycles. The molecule has 17 heavy (non-hydrogen) atoms. The molecule has 0 spiro atoms. The zero-order valence-corrected chi connectivity index (χ0v) is 10.6. The largest absolute Gasteiger partial charge is 0.494 e. The molecule has 1 rings (SSSR count). The molecule has 0 N–H and O–H groups in total. The van der Waals surface area contributed by atoms with Gasteiger partial charge in [0, 0.05) is 5.56 Å². The molecule has 0 unspecified atom stereocenters. The van der Waals surface area contributed by atoms with E-state index < -0.39 is 0 Å². The van der Waals surface area contributed by atoms with Crippen LogP contribution in [0.5, 0.6) is 5.75 Å². The van der Waals surface area contributed by atoms with Gasteiger partial charge in [0.1, 0.15) is 5.75 Å². The summed E-state index contributed by atoms with van der Waals surface area (Å²) >= 11 is 0. The molecule has 0 saturated heterocycles. The topological polar surface area (TPSA) is 26.3 Å². The molecule has 0 aliphatic rings. The minimum Gasteiger partial charge on any atom is -0.494 e. The Bertz CT molecular complexity index is 303. The van der Waals surface area contributed by atoms with Crippen LogP contribution in [-0.2, 0) is 4.79 Å². The Morgan fingerprint density at radius 1 is 1.00 bits per heavy atom. The lowest BCUT2D eigenvalue weighted by Crippen LogP contribution is -1.97. The first-order valence-electron chi connectivity index (χ1n) is 6.48. The minimum absolute atomic E-state index is 0.567. The smallest absolute Gasteiger partial charge is 0.233 e. The normalized spacial score (nSPS) is 10.2. The van der Waals surface area contributed by atoms with Gasteiger partial charge in [0.05, 0.1) is 6.61 Å². The van der Waals surface area contributed by atoms with Crippen LogP contribution in [0.4, 0.5) is 0 Å². The molecule has 0 heterocycles. The Morgan fingerprint density at radius 2 is 1.65 bits per heavy atom. The van der Waals surface area contributed by atoms with E-state index in [1.165, 1.54) is 32.1 Å².